The fraction of sp³-hybridized carbons (Fsp3) is 0.552. The van der Waals surface area contributed by atoms with Crippen LogP contribution in [0.3, 0.4) is 0 Å². The molecule has 0 aromatic rings. The molecule has 0 aromatic heterocycles. The first-order valence-electron chi connectivity index (χ1n) is 12.7. The second-order valence-electron chi connectivity index (χ2n) is 8.87. The van der Waals surface area contributed by atoms with Crippen molar-refractivity contribution in [3.8, 4) is 0 Å². The largest absolute Gasteiger partial charge is 0.354 e. The highest BCUT2D eigenvalue weighted by Gasteiger charge is 2.01. The SMILES string of the molecule is CCCCCCCCCCCCCCCCN1C=CC(=CC=C2C=CC(=O)C=C2)C=C1. The molecule has 31 heavy (non-hydrogen) atoms. The van der Waals surface area contributed by atoms with Crippen LogP contribution in [0.2, 0.25) is 0 Å². The summed E-state index contributed by atoms with van der Waals surface area (Å²) in [5, 5.41) is 0. The summed E-state index contributed by atoms with van der Waals surface area (Å²) in [4.78, 5) is 13.4. The average Bonchev–Trinajstić information content (AvgIpc) is 2.80. The highest BCUT2D eigenvalue weighted by Crippen LogP contribution is 2.15. The van der Waals surface area contributed by atoms with Crippen molar-refractivity contribution in [1.29, 1.82) is 0 Å². The van der Waals surface area contributed by atoms with E-state index in [1.54, 1.807) is 12.2 Å². The molecule has 0 saturated heterocycles. The number of unbranched alkanes of at least 4 members (excludes halogenated alkanes) is 13. The van der Waals surface area contributed by atoms with Gasteiger partial charge in [-0.15, -0.1) is 0 Å². The van der Waals surface area contributed by atoms with Crippen LogP contribution in [0.1, 0.15) is 96.8 Å². The van der Waals surface area contributed by atoms with Crippen LogP contribution in [-0.4, -0.2) is 17.2 Å². The first kappa shape index (κ1) is 25.2. The van der Waals surface area contributed by atoms with E-state index in [-0.39, 0.29) is 5.78 Å². The van der Waals surface area contributed by atoms with Gasteiger partial charge < -0.3 is 4.90 Å². The maximum atomic E-state index is 11.1. The number of rotatable bonds is 16. The number of hydrogen-bond acceptors (Lipinski definition) is 2. The Bertz CT molecular complexity index is 656. The van der Waals surface area contributed by atoms with Crippen LogP contribution in [0.5, 0.6) is 0 Å². The van der Waals surface area contributed by atoms with E-state index in [0.717, 1.165) is 12.1 Å². The Balaban J connectivity index is 1.43. The van der Waals surface area contributed by atoms with Crippen molar-refractivity contribution < 1.29 is 4.79 Å². The maximum Gasteiger partial charge on any atom is 0.178 e. The summed E-state index contributed by atoms with van der Waals surface area (Å²) in [6.07, 6.45) is 39.4. The Kier molecular flexibility index (Phi) is 13.5. The number of nitrogens with zero attached hydrogens (tertiary/aromatic N) is 1. The van der Waals surface area contributed by atoms with Crippen molar-refractivity contribution in [1.82, 2.24) is 4.90 Å². The molecule has 2 nitrogen and oxygen atoms in total. The van der Waals surface area contributed by atoms with E-state index < -0.39 is 0 Å². The van der Waals surface area contributed by atoms with E-state index in [2.05, 4.69) is 42.5 Å². The van der Waals surface area contributed by atoms with Gasteiger partial charge in [-0.3, -0.25) is 4.79 Å². The van der Waals surface area contributed by atoms with Gasteiger partial charge in [0.1, 0.15) is 0 Å². The Hall–Kier alpha value is -2.09. The lowest BCUT2D eigenvalue weighted by Gasteiger charge is -2.18. The third-order valence-electron chi connectivity index (χ3n) is 6.04. The normalized spacial score (nSPS) is 15.3. The molecular weight excluding hydrogens is 378 g/mol. The monoisotopic (exact) mass is 421 g/mol. The minimum Gasteiger partial charge on any atom is -0.354 e. The van der Waals surface area contributed by atoms with Crippen LogP contribution in [0, 0.1) is 0 Å². The molecule has 170 valence electrons. The molecule has 1 heterocycles. The van der Waals surface area contributed by atoms with Crippen molar-refractivity contribution >= 4 is 5.78 Å². The van der Waals surface area contributed by atoms with Gasteiger partial charge in [-0.25, -0.2) is 0 Å². The smallest absolute Gasteiger partial charge is 0.178 e. The van der Waals surface area contributed by atoms with Gasteiger partial charge in [-0.2, -0.15) is 0 Å². The Morgan fingerprint density at radius 1 is 0.581 bits per heavy atom. The van der Waals surface area contributed by atoms with Gasteiger partial charge >= 0.3 is 0 Å². The Morgan fingerprint density at radius 2 is 1.00 bits per heavy atom. The Morgan fingerprint density at radius 3 is 1.48 bits per heavy atom. The summed E-state index contributed by atoms with van der Waals surface area (Å²) in [7, 11) is 0. The molecule has 0 aromatic carbocycles. The third kappa shape index (κ3) is 12.4. The zero-order valence-electron chi connectivity index (χ0n) is 19.7. The topological polar surface area (TPSA) is 20.3 Å². The summed E-state index contributed by atoms with van der Waals surface area (Å²) in [6.45, 7) is 3.39. The zero-order valence-corrected chi connectivity index (χ0v) is 19.7. The number of allylic oxidation sites excluding steroid dienone is 10. The molecule has 2 heteroatoms. The molecule has 1 aliphatic carbocycles. The van der Waals surface area contributed by atoms with E-state index >= 15 is 0 Å². The molecule has 0 atom stereocenters. The molecule has 0 unspecified atom stereocenters. The summed E-state index contributed by atoms with van der Waals surface area (Å²) in [5.41, 5.74) is 2.24. The van der Waals surface area contributed by atoms with Crippen molar-refractivity contribution in [3.63, 3.8) is 0 Å². The molecule has 0 bridgehead atoms. The van der Waals surface area contributed by atoms with Gasteiger partial charge in [0, 0.05) is 18.9 Å². The van der Waals surface area contributed by atoms with Gasteiger partial charge in [-0.05, 0) is 41.9 Å². The van der Waals surface area contributed by atoms with Gasteiger partial charge in [0.05, 0.1) is 0 Å². The second-order valence-corrected chi connectivity index (χ2v) is 8.87. The summed E-state index contributed by atoms with van der Waals surface area (Å²) < 4.78 is 0. The second kappa shape index (κ2) is 16.6. The predicted molar refractivity (Wildman–Crippen MR) is 135 cm³/mol. The molecule has 0 saturated carbocycles. The molecule has 0 spiro atoms. The van der Waals surface area contributed by atoms with E-state index in [1.807, 2.05) is 18.2 Å². The van der Waals surface area contributed by atoms with Crippen molar-refractivity contribution in [2.75, 3.05) is 6.54 Å². The zero-order chi connectivity index (χ0) is 22.0. The number of carbonyl (C=O) groups excluding carboxylic acids is 1. The van der Waals surface area contributed by atoms with Crippen molar-refractivity contribution in [2.45, 2.75) is 96.8 Å². The standard InChI is InChI=1S/C29H43NO/c1-2-3-4-5-6-7-8-9-10-11-12-13-14-15-24-30-25-22-28(23-26-30)17-16-27-18-20-29(31)21-19-27/h16-23,25-26H,2-15,24H2,1H3. The number of ketones is 1. The quantitative estimate of drug-likeness (QED) is 0.233. The molecule has 0 N–H and O–H groups in total. The minimum atomic E-state index is 0.0569. The molecule has 0 amide bonds. The lowest BCUT2D eigenvalue weighted by Crippen LogP contribution is -2.13. The van der Waals surface area contributed by atoms with Crippen LogP contribution in [0.4, 0.5) is 0 Å². The highest BCUT2D eigenvalue weighted by atomic mass is 16.1. The highest BCUT2D eigenvalue weighted by molar-refractivity contribution is 6.01. The van der Waals surface area contributed by atoms with E-state index in [1.165, 1.54) is 95.5 Å². The van der Waals surface area contributed by atoms with Crippen LogP contribution < -0.4 is 0 Å². The number of hydrogen-bond donors (Lipinski definition) is 0. The molecular formula is C29H43NO. The fourth-order valence-electron chi connectivity index (χ4n) is 3.99. The number of carbonyl (C=O) groups is 1. The summed E-state index contributed by atoms with van der Waals surface area (Å²) in [5.74, 6) is 0.0569. The Labute approximate surface area is 191 Å². The van der Waals surface area contributed by atoms with Gasteiger partial charge in [0.25, 0.3) is 0 Å². The molecule has 0 radical (unpaired) electrons. The van der Waals surface area contributed by atoms with Crippen LogP contribution in [-0.2, 0) is 4.79 Å². The maximum absolute atomic E-state index is 11.1. The third-order valence-corrected chi connectivity index (χ3v) is 6.04. The fourth-order valence-corrected chi connectivity index (χ4v) is 3.99. The van der Waals surface area contributed by atoms with Crippen molar-refractivity contribution in [3.05, 3.63) is 72.2 Å². The van der Waals surface area contributed by atoms with Gasteiger partial charge in [-0.1, -0.05) is 115 Å². The summed E-state index contributed by atoms with van der Waals surface area (Å²) in [6, 6.07) is 0. The molecule has 1 aliphatic heterocycles. The summed E-state index contributed by atoms with van der Waals surface area (Å²) >= 11 is 0. The first-order chi connectivity index (χ1) is 15.3. The molecule has 2 rings (SSSR count). The van der Waals surface area contributed by atoms with E-state index in [4.69, 9.17) is 0 Å². The molecule has 0 fully saturated rings. The predicted octanol–water partition coefficient (Wildman–Crippen LogP) is 8.36. The van der Waals surface area contributed by atoms with Gasteiger partial charge in [0.15, 0.2) is 5.78 Å². The van der Waals surface area contributed by atoms with Gasteiger partial charge in [0.2, 0.25) is 0 Å². The lowest BCUT2D eigenvalue weighted by atomic mass is 10.0. The van der Waals surface area contributed by atoms with E-state index in [9.17, 15) is 4.79 Å². The first-order valence-corrected chi connectivity index (χ1v) is 12.7. The van der Waals surface area contributed by atoms with Crippen LogP contribution in [0.25, 0.3) is 0 Å². The molecule has 2 aliphatic rings. The average molecular weight is 422 g/mol. The van der Waals surface area contributed by atoms with Crippen molar-refractivity contribution in [2.24, 2.45) is 0 Å². The van der Waals surface area contributed by atoms with E-state index in [0.29, 0.717) is 0 Å². The lowest BCUT2D eigenvalue weighted by molar-refractivity contribution is -0.110. The van der Waals surface area contributed by atoms with Crippen LogP contribution >= 0.6 is 0 Å². The minimum absolute atomic E-state index is 0.0569. The van der Waals surface area contributed by atoms with Crippen LogP contribution in [0.15, 0.2) is 72.2 Å².